The number of nitrogens with zero attached hydrogens (tertiary/aromatic N) is 4. The Morgan fingerprint density at radius 1 is 1.50 bits per heavy atom. The van der Waals surface area contributed by atoms with E-state index in [2.05, 4.69) is 33.6 Å². The molecule has 2 aromatic rings. The van der Waals surface area contributed by atoms with Crippen molar-refractivity contribution in [3.8, 4) is 5.69 Å². The third kappa shape index (κ3) is 4.83. The van der Waals surface area contributed by atoms with Gasteiger partial charge in [0.15, 0.2) is 5.15 Å². The first kappa shape index (κ1) is 19.0. The molecule has 0 radical (unpaired) electrons. The molecule has 0 saturated heterocycles. The van der Waals surface area contributed by atoms with Crippen LogP contribution >= 0.6 is 23.4 Å². The predicted molar refractivity (Wildman–Crippen MR) is 110 cm³/mol. The third-order valence-corrected chi connectivity index (χ3v) is 5.24. The first-order valence-electron chi connectivity index (χ1n) is 7.76. The van der Waals surface area contributed by atoms with Crippen LogP contribution in [0.15, 0.2) is 30.7 Å². The lowest BCUT2D eigenvalue weighted by atomic mass is 9.56. The molecule has 0 aliphatic heterocycles. The Bertz CT molecular complexity index is 708. The second-order valence-electron chi connectivity index (χ2n) is 6.68. The Morgan fingerprint density at radius 2 is 2.21 bits per heavy atom. The Labute approximate surface area is 154 Å². The van der Waals surface area contributed by atoms with Gasteiger partial charge in [-0.2, -0.15) is 16.9 Å². The van der Waals surface area contributed by atoms with Crippen molar-refractivity contribution >= 4 is 58.5 Å². The molecular weight excluding hydrogens is 340 g/mol. The zero-order valence-corrected chi connectivity index (χ0v) is 16.2. The van der Waals surface area contributed by atoms with Crippen LogP contribution in [-0.2, 0) is 4.79 Å². The zero-order valence-electron chi connectivity index (χ0n) is 14.7. The monoisotopic (exact) mass is 360 g/mol. The van der Waals surface area contributed by atoms with Crippen LogP contribution in [0, 0.1) is 5.92 Å². The highest BCUT2D eigenvalue weighted by atomic mass is 35.5. The van der Waals surface area contributed by atoms with Crippen molar-refractivity contribution < 1.29 is 4.79 Å². The van der Waals surface area contributed by atoms with E-state index in [1.54, 1.807) is 47.0 Å². The highest BCUT2D eigenvalue weighted by Gasteiger charge is 2.24. The molecule has 0 aromatic carbocycles. The van der Waals surface area contributed by atoms with Gasteiger partial charge in [0.25, 0.3) is 0 Å². The number of thioether (sulfide) groups is 1. The second kappa shape index (κ2) is 7.70. The summed E-state index contributed by atoms with van der Waals surface area (Å²) in [4.78, 5) is 18.3. The number of halogens is 1. The molecule has 2 aromatic heterocycles. The number of amides is 1. The molecule has 0 N–H and O–H groups in total. The molecule has 1 atom stereocenters. The minimum Gasteiger partial charge on any atom is -0.311 e. The SMILES string of the molecule is BC(B)(B)SCC(C)C(=O)N(C)c1cn(-c2cccnc2)nc1Cl. The van der Waals surface area contributed by atoms with E-state index >= 15 is 0 Å². The summed E-state index contributed by atoms with van der Waals surface area (Å²) in [6.45, 7) is 1.94. The van der Waals surface area contributed by atoms with E-state index in [1.807, 2.05) is 19.1 Å². The molecule has 1 amide bonds. The van der Waals surface area contributed by atoms with Crippen LogP contribution in [0.25, 0.3) is 5.69 Å². The summed E-state index contributed by atoms with van der Waals surface area (Å²) in [6.07, 6.45) is 5.14. The average Bonchev–Trinajstić information content (AvgIpc) is 2.93. The van der Waals surface area contributed by atoms with Gasteiger partial charge in [-0.25, -0.2) is 4.68 Å². The van der Waals surface area contributed by atoms with Gasteiger partial charge in [-0.1, -0.05) is 23.0 Å². The van der Waals surface area contributed by atoms with Crippen LogP contribution in [-0.4, -0.2) is 61.5 Å². The molecule has 0 fully saturated rings. The summed E-state index contributed by atoms with van der Waals surface area (Å²) < 4.78 is 1.76. The largest absolute Gasteiger partial charge is 0.311 e. The fourth-order valence-corrected chi connectivity index (χ4v) is 3.24. The van der Waals surface area contributed by atoms with Crippen LogP contribution in [0.4, 0.5) is 5.69 Å². The summed E-state index contributed by atoms with van der Waals surface area (Å²) in [5.74, 6) is 0.692. The predicted octanol–water partition coefficient (Wildman–Crippen LogP) is -0.237. The van der Waals surface area contributed by atoms with Gasteiger partial charge in [0.2, 0.25) is 5.91 Å². The van der Waals surface area contributed by atoms with Crippen molar-refractivity contribution in [3.63, 3.8) is 0 Å². The standard InChI is InChI=1S/C14H20B3ClN4OS/c1-9(8-24-14(15,16)17)13(23)21(2)11-7-22(20-12(11)18)10-4-3-5-19-6-10/h3-7,9H,8,15-17H2,1-2H3. The maximum Gasteiger partial charge on any atom is 0.230 e. The van der Waals surface area contributed by atoms with E-state index in [9.17, 15) is 4.79 Å². The topological polar surface area (TPSA) is 51.0 Å². The van der Waals surface area contributed by atoms with E-state index in [0.29, 0.717) is 10.8 Å². The molecule has 0 bridgehead atoms. The van der Waals surface area contributed by atoms with Crippen molar-refractivity contribution in [1.29, 1.82) is 0 Å². The molecule has 10 heteroatoms. The van der Waals surface area contributed by atoms with Gasteiger partial charge in [0, 0.05) is 24.9 Å². The first-order chi connectivity index (χ1) is 11.2. The number of anilines is 1. The Hall–Kier alpha value is -1.34. The van der Waals surface area contributed by atoms with E-state index < -0.39 is 0 Å². The fourth-order valence-electron chi connectivity index (χ4n) is 2.09. The third-order valence-electron chi connectivity index (χ3n) is 3.44. The molecular formula is C14H20B3ClN4OS. The van der Waals surface area contributed by atoms with Crippen molar-refractivity contribution in [3.05, 3.63) is 35.9 Å². The van der Waals surface area contributed by atoms with Crippen molar-refractivity contribution in [1.82, 2.24) is 14.8 Å². The zero-order chi connectivity index (χ0) is 17.9. The summed E-state index contributed by atoms with van der Waals surface area (Å²) in [6, 6.07) is 3.70. The molecule has 5 nitrogen and oxygen atoms in total. The van der Waals surface area contributed by atoms with E-state index in [-0.39, 0.29) is 16.3 Å². The maximum absolute atomic E-state index is 12.7. The second-order valence-corrected chi connectivity index (χ2v) is 8.89. The highest BCUT2D eigenvalue weighted by molar-refractivity contribution is 8.04. The normalized spacial score (nSPS) is 12.8. The lowest BCUT2D eigenvalue weighted by Crippen LogP contribution is -2.34. The molecule has 0 aliphatic rings. The van der Waals surface area contributed by atoms with Gasteiger partial charge in [0.05, 0.1) is 18.1 Å². The fraction of sp³-hybridized carbons (Fsp3) is 0.357. The number of carbonyl (C=O) groups is 1. The van der Waals surface area contributed by atoms with Gasteiger partial charge >= 0.3 is 0 Å². The number of carbonyl (C=O) groups excluding carboxylic acids is 1. The first-order valence-corrected chi connectivity index (χ1v) is 9.12. The van der Waals surface area contributed by atoms with Crippen molar-refractivity contribution in [2.24, 2.45) is 5.92 Å². The quantitative estimate of drug-likeness (QED) is 0.668. The van der Waals surface area contributed by atoms with Gasteiger partial charge in [-0.05, 0) is 12.1 Å². The number of pyridine rings is 1. The van der Waals surface area contributed by atoms with Crippen LogP contribution in [0.5, 0.6) is 0 Å². The van der Waals surface area contributed by atoms with Gasteiger partial charge < -0.3 is 4.90 Å². The van der Waals surface area contributed by atoms with Crippen molar-refractivity contribution in [2.75, 3.05) is 17.7 Å². The Kier molecular flexibility index (Phi) is 6.09. The molecule has 2 heterocycles. The minimum atomic E-state index is -0.1000. The van der Waals surface area contributed by atoms with Gasteiger partial charge in [-0.15, -0.1) is 0 Å². The minimum absolute atomic E-state index is 0.0272. The molecule has 2 rings (SSSR count). The van der Waals surface area contributed by atoms with Crippen LogP contribution in [0.3, 0.4) is 0 Å². The summed E-state index contributed by atoms with van der Waals surface area (Å²) >= 11 is 8.02. The summed E-state index contributed by atoms with van der Waals surface area (Å²) in [5.41, 5.74) is 1.39. The van der Waals surface area contributed by atoms with E-state index in [4.69, 9.17) is 11.6 Å². The molecule has 0 spiro atoms. The van der Waals surface area contributed by atoms with E-state index in [0.717, 1.165) is 11.4 Å². The average molecular weight is 360 g/mol. The lowest BCUT2D eigenvalue weighted by molar-refractivity contribution is -0.120. The van der Waals surface area contributed by atoms with Crippen molar-refractivity contribution in [2.45, 2.75) is 11.4 Å². The molecule has 0 saturated carbocycles. The van der Waals surface area contributed by atoms with Gasteiger partial charge in [0.1, 0.15) is 29.2 Å². The molecule has 24 heavy (non-hydrogen) atoms. The number of rotatable bonds is 6. The lowest BCUT2D eigenvalue weighted by Gasteiger charge is -2.23. The highest BCUT2D eigenvalue weighted by Crippen LogP contribution is 2.27. The molecule has 0 aliphatic carbocycles. The number of hydrogen-bond donors (Lipinski definition) is 0. The smallest absolute Gasteiger partial charge is 0.230 e. The Morgan fingerprint density at radius 3 is 2.79 bits per heavy atom. The van der Waals surface area contributed by atoms with Crippen LogP contribution in [0.2, 0.25) is 5.15 Å². The number of aromatic nitrogens is 3. The number of hydrogen-bond acceptors (Lipinski definition) is 4. The maximum atomic E-state index is 12.7. The van der Waals surface area contributed by atoms with Crippen LogP contribution in [0.1, 0.15) is 6.92 Å². The van der Waals surface area contributed by atoms with Gasteiger partial charge in [-0.3, -0.25) is 9.78 Å². The molecule has 124 valence electrons. The van der Waals surface area contributed by atoms with Crippen LogP contribution < -0.4 is 4.90 Å². The van der Waals surface area contributed by atoms with E-state index in [1.165, 1.54) is 0 Å². The Balaban J connectivity index is 2.13. The molecule has 1 unspecified atom stereocenters. The summed E-state index contributed by atoms with van der Waals surface area (Å²) in [5, 5.41) is 4.57. The summed E-state index contributed by atoms with van der Waals surface area (Å²) in [7, 11) is 8.17.